The van der Waals surface area contributed by atoms with Gasteiger partial charge in [0.25, 0.3) is 5.91 Å². The molecular weight excluding hydrogens is 385 g/mol. The normalized spacial score (nSPS) is 16.8. The number of aromatic nitrogens is 2. The third-order valence-electron chi connectivity index (χ3n) is 4.40. The number of nitrogens with zero attached hydrogens (tertiary/aromatic N) is 3. The summed E-state index contributed by atoms with van der Waals surface area (Å²) in [5.74, 6) is -0.267. The van der Waals surface area contributed by atoms with Crippen LogP contribution in [-0.4, -0.2) is 20.4 Å². The number of hydrogen-bond acceptors (Lipinski definition) is 2. The van der Waals surface area contributed by atoms with Gasteiger partial charge in [0, 0.05) is 17.2 Å². The second-order valence-electron chi connectivity index (χ2n) is 6.07. The topological polar surface area (TPSA) is 38.1 Å². The molecular formula is C19H15BrFN3O. The average molecular weight is 400 g/mol. The van der Waals surface area contributed by atoms with Crippen molar-refractivity contribution in [2.75, 3.05) is 0 Å². The summed E-state index contributed by atoms with van der Waals surface area (Å²) in [6, 6.07) is 13.6. The number of imidazole rings is 1. The number of carbonyl (C=O) groups excluding carboxylic acids is 1. The van der Waals surface area contributed by atoms with Crippen molar-refractivity contribution < 1.29 is 9.18 Å². The van der Waals surface area contributed by atoms with Crippen LogP contribution in [0.4, 0.5) is 4.39 Å². The standard InChI is InChI=1S/C19H15BrFN3O/c20-15-5-3-14(4-6-15)18-19(25)23(11-17-9-22-12-24(17)18)10-13-1-7-16(21)8-2-13/h1-9,12,18H,10-11H2/t18-/m0/s1. The van der Waals surface area contributed by atoms with Crippen molar-refractivity contribution in [3.63, 3.8) is 0 Å². The number of halogens is 2. The summed E-state index contributed by atoms with van der Waals surface area (Å²) in [4.78, 5) is 19.1. The fourth-order valence-corrected chi connectivity index (χ4v) is 3.41. The third-order valence-corrected chi connectivity index (χ3v) is 4.92. The van der Waals surface area contributed by atoms with Crippen LogP contribution in [0.25, 0.3) is 0 Å². The Bertz CT molecular complexity index is 905. The molecule has 25 heavy (non-hydrogen) atoms. The Balaban J connectivity index is 1.68. The molecule has 1 amide bonds. The zero-order chi connectivity index (χ0) is 17.4. The highest BCUT2D eigenvalue weighted by molar-refractivity contribution is 9.10. The van der Waals surface area contributed by atoms with Crippen LogP contribution in [0.3, 0.4) is 0 Å². The van der Waals surface area contributed by atoms with Crippen molar-refractivity contribution in [2.24, 2.45) is 0 Å². The van der Waals surface area contributed by atoms with Gasteiger partial charge in [0.05, 0.1) is 18.6 Å². The first-order valence-electron chi connectivity index (χ1n) is 7.91. The van der Waals surface area contributed by atoms with E-state index in [2.05, 4.69) is 20.9 Å². The van der Waals surface area contributed by atoms with E-state index >= 15 is 0 Å². The van der Waals surface area contributed by atoms with Crippen molar-refractivity contribution in [3.05, 3.63) is 88.2 Å². The number of carbonyl (C=O) groups is 1. The SMILES string of the molecule is O=C1[C@H](c2ccc(Br)cc2)n2cncc2CN1Cc1ccc(F)cc1. The molecule has 126 valence electrons. The molecule has 0 spiro atoms. The molecule has 6 heteroatoms. The maximum Gasteiger partial charge on any atom is 0.250 e. The van der Waals surface area contributed by atoms with Gasteiger partial charge in [0.1, 0.15) is 11.9 Å². The molecule has 0 saturated carbocycles. The van der Waals surface area contributed by atoms with E-state index in [0.29, 0.717) is 13.1 Å². The van der Waals surface area contributed by atoms with E-state index in [1.54, 1.807) is 29.6 Å². The van der Waals surface area contributed by atoms with Crippen LogP contribution in [0.1, 0.15) is 22.9 Å². The third kappa shape index (κ3) is 3.09. The smallest absolute Gasteiger partial charge is 0.250 e. The minimum Gasteiger partial charge on any atom is -0.330 e. The Morgan fingerprint density at radius 2 is 1.84 bits per heavy atom. The minimum absolute atomic E-state index is 0.0112. The number of amides is 1. The largest absolute Gasteiger partial charge is 0.330 e. The van der Waals surface area contributed by atoms with Crippen LogP contribution in [0, 0.1) is 5.82 Å². The Morgan fingerprint density at radius 1 is 1.12 bits per heavy atom. The molecule has 2 heterocycles. The van der Waals surface area contributed by atoms with Gasteiger partial charge in [0.2, 0.25) is 0 Å². The van der Waals surface area contributed by atoms with E-state index in [9.17, 15) is 9.18 Å². The fraction of sp³-hybridized carbons (Fsp3) is 0.158. The zero-order valence-corrected chi connectivity index (χ0v) is 14.9. The summed E-state index contributed by atoms with van der Waals surface area (Å²) in [6.07, 6.45) is 3.49. The quantitative estimate of drug-likeness (QED) is 0.669. The summed E-state index contributed by atoms with van der Waals surface area (Å²) >= 11 is 3.43. The van der Waals surface area contributed by atoms with Crippen LogP contribution in [0.5, 0.6) is 0 Å². The summed E-state index contributed by atoms with van der Waals surface area (Å²) < 4.78 is 16.0. The van der Waals surface area contributed by atoms with Gasteiger partial charge in [-0.15, -0.1) is 0 Å². The van der Waals surface area contributed by atoms with Crippen molar-refractivity contribution in [1.29, 1.82) is 0 Å². The van der Waals surface area contributed by atoms with E-state index in [-0.39, 0.29) is 11.7 Å². The molecule has 1 atom stereocenters. The Labute approximate surface area is 153 Å². The van der Waals surface area contributed by atoms with Crippen LogP contribution in [-0.2, 0) is 17.9 Å². The zero-order valence-electron chi connectivity index (χ0n) is 13.3. The van der Waals surface area contributed by atoms with Gasteiger partial charge >= 0.3 is 0 Å². The molecule has 2 aromatic carbocycles. The molecule has 0 unspecified atom stereocenters. The van der Waals surface area contributed by atoms with Gasteiger partial charge in [0.15, 0.2) is 0 Å². The molecule has 0 N–H and O–H groups in total. The maximum absolute atomic E-state index is 13.1. The number of fused-ring (bicyclic) bond motifs is 1. The predicted octanol–water partition coefficient (Wildman–Crippen LogP) is 3.92. The van der Waals surface area contributed by atoms with Crippen LogP contribution in [0.2, 0.25) is 0 Å². The lowest BCUT2D eigenvalue weighted by Gasteiger charge is -2.34. The summed E-state index contributed by atoms with van der Waals surface area (Å²) in [7, 11) is 0. The highest BCUT2D eigenvalue weighted by Crippen LogP contribution is 2.30. The highest BCUT2D eigenvalue weighted by atomic mass is 79.9. The van der Waals surface area contributed by atoms with Crippen molar-refractivity contribution >= 4 is 21.8 Å². The van der Waals surface area contributed by atoms with Crippen molar-refractivity contribution in [3.8, 4) is 0 Å². The van der Waals surface area contributed by atoms with Crippen LogP contribution in [0.15, 0.2) is 65.5 Å². The fourth-order valence-electron chi connectivity index (χ4n) is 3.14. The summed E-state index contributed by atoms with van der Waals surface area (Å²) in [5.41, 5.74) is 2.79. The number of rotatable bonds is 3. The number of hydrogen-bond donors (Lipinski definition) is 0. The van der Waals surface area contributed by atoms with Crippen molar-refractivity contribution in [1.82, 2.24) is 14.5 Å². The van der Waals surface area contributed by atoms with Gasteiger partial charge in [-0.05, 0) is 35.4 Å². The van der Waals surface area contributed by atoms with Gasteiger partial charge in [-0.2, -0.15) is 0 Å². The summed E-state index contributed by atoms with van der Waals surface area (Å²) in [5, 5.41) is 0. The molecule has 3 aromatic rings. The molecule has 1 aliphatic rings. The molecule has 0 saturated heterocycles. The molecule has 0 radical (unpaired) electrons. The molecule has 0 bridgehead atoms. The van der Waals surface area contributed by atoms with E-state index in [4.69, 9.17) is 0 Å². The molecule has 0 aliphatic carbocycles. The first kappa shape index (κ1) is 16.0. The van der Waals surface area contributed by atoms with E-state index in [1.807, 2.05) is 28.8 Å². The lowest BCUT2D eigenvalue weighted by atomic mass is 10.0. The second-order valence-corrected chi connectivity index (χ2v) is 6.98. The molecule has 4 nitrogen and oxygen atoms in total. The Hall–Kier alpha value is -2.47. The monoisotopic (exact) mass is 399 g/mol. The summed E-state index contributed by atoms with van der Waals surface area (Å²) in [6.45, 7) is 0.931. The predicted molar refractivity (Wildman–Crippen MR) is 95.2 cm³/mol. The molecule has 1 aliphatic heterocycles. The first-order chi connectivity index (χ1) is 12.1. The molecule has 0 fully saturated rings. The second kappa shape index (κ2) is 6.44. The number of benzene rings is 2. The maximum atomic E-state index is 13.1. The molecule has 1 aromatic heterocycles. The van der Waals surface area contributed by atoms with Gasteiger partial charge in [-0.25, -0.2) is 9.37 Å². The first-order valence-corrected chi connectivity index (χ1v) is 8.70. The van der Waals surface area contributed by atoms with Crippen LogP contribution < -0.4 is 0 Å². The van der Waals surface area contributed by atoms with Crippen LogP contribution >= 0.6 is 15.9 Å². The minimum atomic E-state index is -0.431. The van der Waals surface area contributed by atoms with Gasteiger partial charge in [-0.3, -0.25) is 4.79 Å². The van der Waals surface area contributed by atoms with E-state index in [0.717, 1.165) is 21.3 Å². The highest BCUT2D eigenvalue weighted by Gasteiger charge is 2.33. The Morgan fingerprint density at radius 3 is 2.56 bits per heavy atom. The lowest BCUT2D eigenvalue weighted by Crippen LogP contribution is -2.42. The lowest BCUT2D eigenvalue weighted by molar-refractivity contribution is -0.136. The van der Waals surface area contributed by atoms with E-state index < -0.39 is 6.04 Å². The molecule has 4 rings (SSSR count). The average Bonchev–Trinajstić information content (AvgIpc) is 3.06. The Kier molecular flexibility index (Phi) is 4.13. The van der Waals surface area contributed by atoms with Gasteiger partial charge in [-0.1, -0.05) is 40.2 Å². The van der Waals surface area contributed by atoms with E-state index in [1.165, 1.54) is 12.1 Å². The van der Waals surface area contributed by atoms with Crippen molar-refractivity contribution in [2.45, 2.75) is 19.1 Å². The van der Waals surface area contributed by atoms with Gasteiger partial charge < -0.3 is 9.47 Å².